The molecular formula is C29H51N5O7S2. The van der Waals surface area contributed by atoms with Gasteiger partial charge in [-0.15, -0.1) is 0 Å². The van der Waals surface area contributed by atoms with E-state index in [4.69, 9.17) is 5.11 Å². The smallest absolute Gasteiger partial charge is 0.303 e. The molecule has 43 heavy (non-hydrogen) atoms. The van der Waals surface area contributed by atoms with E-state index in [2.05, 4.69) is 15.4 Å². The average molecular weight is 646 g/mol. The zero-order valence-corrected chi connectivity index (χ0v) is 28.1. The number of carboxylic acid groups (broad SMARTS) is 1. The van der Waals surface area contributed by atoms with Gasteiger partial charge in [0.05, 0.1) is 18.7 Å². The van der Waals surface area contributed by atoms with Crippen molar-refractivity contribution in [1.29, 1.82) is 0 Å². The third-order valence-corrected chi connectivity index (χ3v) is 9.44. The minimum atomic E-state index is -4.01. The van der Waals surface area contributed by atoms with Crippen LogP contribution in [-0.2, 0) is 24.6 Å². The summed E-state index contributed by atoms with van der Waals surface area (Å²) in [5, 5.41) is 26.0. The lowest BCUT2D eigenvalue weighted by Gasteiger charge is -2.30. The van der Waals surface area contributed by atoms with Gasteiger partial charge in [0.2, 0.25) is 11.8 Å². The minimum absolute atomic E-state index is 0.0349. The van der Waals surface area contributed by atoms with Gasteiger partial charge in [0, 0.05) is 43.8 Å². The number of rotatable bonds is 21. The number of thioether (sulfide) groups is 1. The number of nitrogens with zero attached hydrogens (tertiary/aromatic N) is 2. The molecule has 0 fully saturated rings. The summed E-state index contributed by atoms with van der Waals surface area (Å²) in [5.41, 5.74) is 0.763. The first kappa shape index (κ1) is 38.8. The van der Waals surface area contributed by atoms with E-state index in [0.717, 1.165) is 5.56 Å². The standard InChI is InChI=1S/C29H51N5O7S2/c1-21(2)17-34(43(40,41)31-16-22(3)13-28(38)39)18-24(35)14-25(23-11-9-8-10-12-23)32-26(36)15-29(4,42-7)20-30-27(37)19-33(5)6/h8-12,21-22,24-25,31,35H,13-20H2,1-7H3,(H,30,37)(H,32,36)(H,38,39). The van der Waals surface area contributed by atoms with Gasteiger partial charge >= 0.3 is 5.97 Å². The van der Waals surface area contributed by atoms with Crippen molar-refractivity contribution in [3.8, 4) is 0 Å². The summed E-state index contributed by atoms with van der Waals surface area (Å²) in [7, 11) is -0.410. The number of amides is 2. The van der Waals surface area contributed by atoms with Crippen molar-refractivity contribution in [2.24, 2.45) is 11.8 Å². The second-order valence-electron chi connectivity index (χ2n) is 12.0. The van der Waals surface area contributed by atoms with Crippen molar-refractivity contribution in [2.45, 2.75) is 63.9 Å². The fourth-order valence-corrected chi connectivity index (χ4v) is 6.39. The predicted octanol–water partition coefficient (Wildman–Crippen LogP) is 1.69. The number of hydrogen-bond acceptors (Lipinski definition) is 8. The zero-order valence-electron chi connectivity index (χ0n) is 26.5. The quantitative estimate of drug-likeness (QED) is 0.134. The van der Waals surface area contributed by atoms with Crippen molar-refractivity contribution in [1.82, 2.24) is 24.6 Å². The second-order valence-corrected chi connectivity index (χ2v) is 15.2. The SMILES string of the molecule is CSC(C)(CNC(=O)CN(C)C)CC(=O)NC(CC(O)CN(CC(C)C)S(=O)(=O)NCC(C)CC(=O)O)c1ccccc1. The van der Waals surface area contributed by atoms with Gasteiger partial charge in [0.1, 0.15) is 0 Å². The van der Waals surface area contributed by atoms with Crippen LogP contribution in [0.2, 0.25) is 0 Å². The first-order valence-corrected chi connectivity index (χ1v) is 17.1. The maximum atomic E-state index is 13.3. The molecule has 12 nitrogen and oxygen atoms in total. The Hall–Kier alpha value is -2.23. The van der Waals surface area contributed by atoms with Crippen LogP contribution < -0.4 is 15.4 Å². The molecule has 5 N–H and O–H groups in total. The highest BCUT2D eigenvalue weighted by Gasteiger charge is 2.31. The molecule has 0 aliphatic heterocycles. The number of aliphatic hydroxyl groups is 1. The minimum Gasteiger partial charge on any atom is -0.481 e. The van der Waals surface area contributed by atoms with Gasteiger partial charge in [0.15, 0.2) is 0 Å². The first-order chi connectivity index (χ1) is 20.0. The molecule has 0 bridgehead atoms. The van der Waals surface area contributed by atoms with Crippen LogP contribution in [0.1, 0.15) is 58.6 Å². The van der Waals surface area contributed by atoms with Crippen molar-refractivity contribution >= 4 is 39.8 Å². The molecule has 14 heteroatoms. The van der Waals surface area contributed by atoms with E-state index >= 15 is 0 Å². The lowest BCUT2D eigenvalue weighted by molar-refractivity contribution is -0.138. The fraction of sp³-hybridized carbons (Fsp3) is 0.690. The number of likely N-dealkylation sites (N-methyl/N-ethyl adjacent to an activating group) is 1. The Balaban J connectivity index is 3.02. The third kappa shape index (κ3) is 15.9. The molecule has 0 saturated heterocycles. The predicted molar refractivity (Wildman–Crippen MR) is 171 cm³/mol. The summed E-state index contributed by atoms with van der Waals surface area (Å²) in [5.74, 6) is -1.86. The number of aliphatic carboxylic acids is 1. The molecular weight excluding hydrogens is 594 g/mol. The summed E-state index contributed by atoms with van der Waals surface area (Å²) in [6.45, 7) is 7.70. The topological polar surface area (TPSA) is 168 Å². The average Bonchev–Trinajstić information content (AvgIpc) is 2.89. The van der Waals surface area contributed by atoms with E-state index < -0.39 is 39.0 Å². The fourth-order valence-electron chi connectivity index (χ4n) is 4.35. The van der Waals surface area contributed by atoms with Gasteiger partial charge in [-0.2, -0.15) is 24.5 Å². The van der Waals surface area contributed by atoms with Gasteiger partial charge in [-0.25, -0.2) is 4.72 Å². The number of aliphatic hydroxyl groups excluding tert-OH is 1. The molecule has 246 valence electrons. The van der Waals surface area contributed by atoms with Crippen molar-refractivity contribution in [3.05, 3.63) is 35.9 Å². The van der Waals surface area contributed by atoms with E-state index in [9.17, 15) is 27.9 Å². The number of carbonyl (C=O) groups is 3. The Morgan fingerprint density at radius 1 is 1.05 bits per heavy atom. The third-order valence-electron chi connectivity index (χ3n) is 6.65. The van der Waals surface area contributed by atoms with E-state index in [-0.39, 0.29) is 63.2 Å². The van der Waals surface area contributed by atoms with E-state index in [0.29, 0.717) is 6.54 Å². The Morgan fingerprint density at radius 2 is 1.67 bits per heavy atom. The Bertz CT molecular complexity index is 1120. The molecule has 0 aliphatic carbocycles. The van der Waals surface area contributed by atoms with Gasteiger partial charge in [-0.3, -0.25) is 14.4 Å². The van der Waals surface area contributed by atoms with Crippen LogP contribution in [0.25, 0.3) is 0 Å². The van der Waals surface area contributed by atoms with Crippen LogP contribution >= 0.6 is 11.8 Å². The van der Waals surface area contributed by atoms with Gasteiger partial charge in [0.25, 0.3) is 10.2 Å². The van der Waals surface area contributed by atoms with Crippen LogP contribution in [0, 0.1) is 11.8 Å². The Morgan fingerprint density at radius 3 is 2.21 bits per heavy atom. The number of carboxylic acids is 1. The van der Waals surface area contributed by atoms with Crippen LogP contribution in [0.15, 0.2) is 30.3 Å². The van der Waals surface area contributed by atoms with Crippen LogP contribution in [0.4, 0.5) is 0 Å². The summed E-state index contributed by atoms with van der Waals surface area (Å²) < 4.78 is 29.3. The van der Waals surface area contributed by atoms with E-state index in [1.165, 1.54) is 16.1 Å². The maximum Gasteiger partial charge on any atom is 0.303 e. The monoisotopic (exact) mass is 645 g/mol. The molecule has 0 saturated carbocycles. The molecule has 0 spiro atoms. The number of carbonyl (C=O) groups excluding carboxylic acids is 2. The van der Waals surface area contributed by atoms with Crippen LogP contribution in [0.5, 0.6) is 0 Å². The molecule has 1 aromatic rings. The molecule has 4 unspecified atom stereocenters. The second kappa shape index (κ2) is 18.5. The van der Waals surface area contributed by atoms with Crippen LogP contribution in [-0.4, -0.2) is 110 Å². The number of nitrogens with one attached hydrogen (secondary N) is 3. The highest BCUT2D eigenvalue weighted by atomic mass is 32.2. The Labute approximate surface area is 261 Å². The number of hydrogen-bond donors (Lipinski definition) is 5. The molecule has 0 aromatic heterocycles. The number of benzene rings is 1. The molecule has 0 heterocycles. The van der Waals surface area contributed by atoms with Crippen molar-refractivity contribution in [2.75, 3.05) is 53.1 Å². The zero-order chi connectivity index (χ0) is 32.8. The van der Waals surface area contributed by atoms with Crippen molar-refractivity contribution < 1.29 is 33.0 Å². The van der Waals surface area contributed by atoms with E-state index in [1.807, 2.05) is 57.4 Å². The lowest BCUT2D eigenvalue weighted by atomic mass is 9.99. The van der Waals surface area contributed by atoms with Crippen molar-refractivity contribution in [3.63, 3.8) is 0 Å². The molecule has 0 aliphatic rings. The Kier molecular flexibility index (Phi) is 16.7. The summed E-state index contributed by atoms with van der Waals surface area (Å²) in [4.78, 5) is 38.2. The largest absolute Gasteiger partial charge is 0.481 e. The van der Waals surface area contributed by atoms with Crippen LogP contribution in [0.3, 0.4) is 0 Å². The maximum absolute atomic E-state index is 13.3. The molecule has 4 atom stereocenters. The van der Waals surface area contributed by atoms with E-state index in [1.54, 1.807) is 25.9 Å². The van der Waals surface area contributed by atoms with Gasteiger partial charge in [-0.1, -0.05) is 51.1 Å². The molecule has 1 rings (SSSR count). The lowest BCUT2D eigenvalue weighted by Crippen LogP contribution is -2.48. The van der Waals surface area contributed by atoms with Gasteiger partial charge in [-0.05, 0) is 51.1 Å². The first-order valence-electron chi connectivity index (χ1n) is 14.4. The highest BCUT2D eigenvalue weighted by Crippen LogP contribution is 2.27. The van der Waals surface area contributed by atoms with Gasteiger partial charge < -0.3 is 25.7 Å². The summed E-state index contributed by atoms with van der Waals surface area (Å²) in [6.07, 6.45) is 0.762. The summed E-state index contributed by atoms with van der Waals surface area (Å²) in [6, 6.07) is 8.57. The normalized spacial score (nSPS) is 15.6. The molecule has 2 amide bonds. The molecule has 0 radical (unpaired) electrons. The molecule has 1 aromatic carbocycles. The highest BCUT2D eigenvalue weighted by molar-refractivity contribution is 8.00. The summed E-state index contributed by atoms with van der Waals surface area (Å²) >= 11 is 1.47.